The van der Waals surface area contributed by atoms with Crippen LogP contribution in [0.5, 0.6) is 0 Å². The van der Waals surface area contributed by atoms with E-state index in [4.69, 9.17) is 5.10 Å². The summed E-state index contributed by atoms with van der Waals surface area (Å²) < 4.78 is 1.99. The Morgan fingerprint density at radius 1 is 1.11 bits per heavy atom. The molecule has 2 aromatic rings. The lowest BCUT2D eigenvalue weighted by molar-refractivity contribution is -0.121. The molecular formula is C29H43N5O. The minimum absolute atomic E-state index is 0.0617. The van der Waals surface area contributed by atoms with Gasteiger partial charge < -0.3 is 10.2 Å². The van der Waals surface area contributed by atoms with Crippen molar-refractivity contribution in [3.05, 3.63) is 36.2 Å². The van der Waals surface area contributed by atoms with Crippen molar-refractivity contribution in [1.29, 1.82) is 0 Å². The number of piperidine rings is 1. The van der Waals surface area contributed by atoms with E-state index < -0.39 is 0 Å². The lowest BCUT2D eigenvalue weighted by Crippen LogP contribution is -2.46. The van der Waals surface area contributed by atoms with Gasteiger partial charge in [0.05, 0.1) is 11.2 Å². The van der Waals surface area contributed by atoms with Crippen LogP contribution in [-0.2, 0) is 11.8 Å². The van der Waals surface area contributed by atoms with Crippen LogP contribution < -0.4 is 10.2 Å². The van der Waals surface area contributed by atoms with Crippen LogP contribution in [0.25, 0.3) is 10.9 Å². The predicted octanol–water partition coefficient (Wildman–Crippen LogP) is 5.20. The third kappa shape index (κ3) is 5.58. The Bertz CT molecular complexity index is 1040. The Morgan fingerprint density at radius 2 is 1.89 bits per heavy atom. The standard InChI is InChI=1S/C29H43N5O/c1-21(19-23-7-5-4-6-8-23)13-14-33-15-17-34(18-16-33)24-9-10-26-27(20-24)32(3)31-29(26)25-11-12-28(35)30-22(25)2/h9-10,20-21,23,25H,2,4-8,11-19H2,1,3H3,(H,30,35)/t21-,25?/m1/s1. The summed E-state index contributed by atoms with van der Waals surface area (Å²) in [7, 11) is 2.02. The summed E-state index contributed by atoms with van der Waals surface area (Å²) in [4.78, 5) is 16.9. The van der Waals surface area contributed by atoms with Crippen molar-refractivity contribution in [3.8, 4) is 0 Å². The Morgan fingerprint density at radius 3 is 2.63 bits per heavy atom. The van der Waals surface area contributed by atoms with E-state index >= 15 is 0 Å². The highest BCUT2D eigenvalue weighted by Crippen LogP contribution is 2.35. The number of benzene rings is 1. The number of carbonyl (C=O) groups is 1. The summed E-state index contributed by atoms with van der Waals surface area (Å²) in [6.45, 7) is 12.3. The zero-order valence-electron chi connectivity index (χ0n) is 21.8. The van der Waals surface area contributed by atoms with Gasteiger partial charge in [-0.05, 0) is 55.8 Å². The average Bonchev–Trinajstić information content (AvgIpc) is 3.19. The number of nitrogens with one attached hydrogen (secondary N) is 1. The van der Waals surface area contributed by atoms with E-state index in [0.29, 0.717) is 6.42 Å². The fourth-order valence-corrected chi connectivity index (χ4v) is 6.55. The van der Waals surface area contributed by atoms with Crippen LogP contribution in [0, 0.1) is 11.8 Å². The fraction of sp³-hybridized carbons (Fsp3) is 0.655. The maximum atomic E-state index is 11.7. The molecule has 0 radical (unpaired) electrons. The number of allylic oxidation sites excluding steroid dienone is 1. The number of hydrogen-bond donors (Lipinski definition) is 1. The fourth-order valence-electron chi connectivity index (χ4n) is 6.55. The summed E-state index contributed by atoms with van der Waals surface area (Å²) in [5.74, 6) is 2.00. The number of carbonyl (C=O) groups excluding carboxylic acids is 1. The van der Waals surface area contributed by atoms with Crippen LogP contribution in [0.3, 0.4) is 0 Å². The molecule has 2 aliphatic heterocycles. The number of nitrogens with zero attached hydrogens (tertiary/aromatic N) is 4. The molecule has 35 heavy (non-hydrogen) atoms. The predicted molar refractivity (Wildman–Crippen MR) is 144 cm³/mol. The molecule has 5 rings (SSSR count). The Kier molecular flexibility index (Phi) is 7.47. The van der Waals surface area contributed by atoms with Crippen molar-refractivity contribution in [2.24, 2.45) is 18.9 Å². The number of aromatic nitrogens is 2. The van der Waals surface area contributed by atoms with Crippen molar-refractivity contribution >= 4 is 22.5 Å². The topological polar surface area (TPSA) is 53.4 Å². The summed E-state index contributed by atoms with van der Waals surface area (Å²) in [6.07, 6.45) is 11.4. The van der Waals surface area contributed by atoms with Gasteiger partial charge in [-0.2, -0.15) is 5.10 Å². The smallest absolute Gasteiger partial charge is 0.224 e. The lowest BCUT2D eigenvalue weighted by atomic mass is 9.82. The first-order valence-electron chi connectivity index (χ1n) is 13.9. The van der Waals surface area contributed by atoms with Gasteiger partial charge in [-0.3, -0.25) is 14.4 Å². The molecule has 1 saturated carbocycles. The van der Waals surface area contributed by atoms with E-state index in [0.717, 1.165) is 61.3 Å². The number of piperazine rings is 1. The quantitative estimate of drug-likeness (QED) is 0.596. The van der Waals surface area contributed by atoms with Crippen molar-refractivity contribution in [1.82, 2.24) is 20.0 Å². The summed E-state index contributed by atoms with van der Waals surface area (Å²) in [5, 5.41) is 8.93. The van der Waals surface area contributed by atoms with Crippen LogP contribution >= 0.6 is 0 Å². The number of rotatable bonds is 7. The largest absolute Gasteiger partial charge is 0.369 e. The molecule has 1 N–H and O–H groups in total. The van der Waals surface area contributed by atoms with E-state index in [1.54, 1.807) is 0 Å². The van der Waals surface area contributed by atoms with E-state index in [9.17, 15) is 4.79 Å². The third-order valence-electron chi connectivity index (χ3n) is 8.71. The number of aryl methyl sites for hydroxylation is 1. The van der Waals surface area contributed by atoms with Gasteiger partial charge in [-0.1, -0.05) is 45.6 Å². The molecule has 1 aromatic heterocycles. The molecule has 190 valence electrons. The van der Waals surface area contributed by atoms with Crippen molar-refractivity contribution in [2.45, 2.75) is 70.6 Å². The zero-order chi connectivity index (χ0) is 24.4. The van der Waals surface area contributed by atoms with Gasteiger partial charge in [0.1, 0.15) is 0 Å². The number of hydrogen-bond acceptors (Lipinski definition) is 4. The molecule has 2 saturated heterocycles. The zero-order valence-corrected chi connectivity index (χ0v) is 21.8. The molecule has 1 unspecified atom stereocenters. The first-order valence-corrected chi connectivity index (χ1v) is 13.9. The molecule has 6 heteroatoms. The van der Waals surface area contributed by atoms with E-state index in [-0.39, 0.29) is 11.8 Å². The molecule has 1 aromatic carbocycles. The molecular weight excluding hydrogens is 434 g/mol. The first-order chi connectivity index (χ1) is 17.0. The Balaban J connectivity index is 1.16. The van der Waals surface area contributed by atoms with Crippen molar-refractivity contribution in [2.75, 3.05) is 37.6 Å². The number of fused-ring (bicyclic) bond motifs is 1. The van der Waals surface area contributed by atoms with Gasteiger partial charge in [0, 0.05) is 62.3 Å². The van der Waals surface area contributed by atoms with Crippen LogP contribution in [0.15, 0.2) is 30.5 Å². The van der Waals surface area contributed by atoms with E-state index in [1.807, 2.05) is 11.7 Å². The highest BCUT2D eigenvalue weighted by molar-refractivity contribution is 5.87. The second-order valence-corrected chi connectivity index (χ2v) is 11.3. The Hall–Kier alpha value is -2.34. The van der Waals surface area contributed by atoms with Gasteiger partial charge in [0.2, 0.25) is 5.91 Å². The van der Waals surface area contributed by atoms with Gasteiger partial charge in [-0.25, -0.2) is 0 Å². The van der Waals surface area contributed by atoms with Crippen LogP contribution in [0.1, 0.15) is 76.3 Å². The lowest BCUT2D eigenvalue weighted by Gasteiger charge is -2.36. The number of anilines is 1. The molecule has 0 bridgehead atoms. The SMILES string of the molecule is C=C1NC(=O)CCC1c1nn(C)c2cc(N3CCN(CC[C@@H](C)CC4CCCCC4)CC3)ccc12. The normalized spacial score (nSPS) is 23.6. The highest BCUT2D eigenvalue weighted by atomic mass is 16.1. The van der Waals surface area contributed by atoms with Crippen molar-refractivity contribution < 1.29 is 4.79 Å². The molecule has 2 atom stereocenters. The maximum Gasteiger partial charge on any atom is 0.224 e. The molecule has 3 heterocycles. The van der Waals surface area contributed by atoms with Gasteiger partial charge in [-0.15, -0.1) is 0 Å². The summed E-state index contributed by atoms with van der Waals surface area (Å²) in [5.41, 5.74) is 4.25. The second-order valence-electron chi connectivity index (χ2n) is 11.3. The molecule has 0 spiro atoms. The van der Waals surface area contributed by atoms with Gasteiger partial charge >= 0.3 is 0 Å². The Labute approximate surface area is 210 Å². The van der Waals surface area contributed by atoms with E-state index in [2.05, 4.69) is 46.8 Å². The molecule has 1 amide bonds. The minimum atomic E-state index is 0.0617. The van der Waals surface area contributed by atoms with E-state index in [1.165, 1.54) is 62.6 Å². The highest BCUT2D eigenvalue weighted by Gasteiger charge is 2.28. The molecule has 6 nitrogen and oxygen atoms in total. The van der Waals surface area contributed by atoms with Crippen LogP contribution in [-0.4, -0.2) is 53.3 Å². The average molecular weight is 478 g/mol. The summed E-state index contributed by atoms with van der Waals surface area (Å²) in [6, 6.07) is 6.76. The first kappa shape index (κ1) is 24.4. The minimum Gasteiger partial charge on any atom is -0.369 e. The molecule has 3 fully saturated rings. The third-order valence-corrected chi connectivity index (χ3v) is 8.71. The summed E-state index contributed by atoms with van der Waals surface area (Å²) >= 11 is 0. The van der Waals surface area contributed by atoms with Crippen LogP contribution in [0.2, 0.25) is 0 Å². The maximum absolute atomic E-state index is 11.7. The van der Waals surface area contributed by atoms with Gasteiger partial charge in [0.15, 0.2) is 0 Å². The molecule has 1 aliphatic carbocycles. The van der Waals surface area contributed by atoms with Gasteiger partial charge in [0.25, 0.3) is 0 Å². The van der Waals surface area contributed by atoms with Crippen LogP contribution in [0.4, 0.5) is 5.69 Å². The number of amides is 1. The monoisotopic (exact) mass is 477 g/mol. The molecule has 3 aliphatic rings. The van der Waals surface area contributed by atoms with Crippen molar-refractivity contribution in [3.63, 3.8) is 0 Å². The second kappa shape index (κ2) is 10.7.